The molecule has 0 unspecified atom stereocenters. The lowest BCUT2D eigenvalue weighted by Crippen LogP contribution is -2.38. The lowest BCUT2D eigenvalue weighted by atomic mass is 9.93. The van der Waals surface area contributed by atoms with Gasteiger partial charge < -0.3 is 20.1 Å². The van der Waals surface area contributed by atoms with Crippen molar-refractivity contribution < 1.29 is 24.2 Å². The number of carboxylic acids is 1. The first kappa shape index (κ1) is 19.2. The number of carbonyl (C=O) groups is 3. The smallest absolute Gasteiger partial charge is 0.303 e. The van der Waals surface area contributed by atoms with Gasteiger partial charge in [0.25, 0.3) is 0 Å². The molecule has 1 aromatic carbocycles. The Morgan fingerprint density at radius 1 is 1.22 bits per heavy atom. The number of amides is 2. The highest BCUT2D eigenvalue weighted by Gasteiger charge is 2.24. The third kappa shape index (κ3) is 5.45. The van der Waals surface area contributed by atoms with Gasteiger partial charge in [0.2, 0.25) is 11.8 Å². The van der Waals surface area contributed by atoms with Crippen molar-refractivity contribution >= 4 is 23.5 Å². The van der Waals surface area contributed by atoms with Crippen molar-refractivity contribution in [1.29, 1.82) is 0 Å². The molecular formula is C20H26N2O5. The second-order valence-corrected chi connectivity index (χ2v) is 7.24. The molecule has 0 aliphatic carbocycles. The molecule has 0 saturated carbocycles. The van der Waals surface area contributed by atoms with E-state index in [1.54, 1.807) is 0 Å². The third-order valence-electron chi connectivity index (χ3n) is 5.21. The fourth-order valence-electron chi connectivity index (χ4n) is 3.65. The predicted molar refractivity (Wildman–Crippen MR) is 99.7 cm³/mol. The summed E-state index contributed by atoms with van der Waals surface area (Å²) in [6.07, 6.45) is 4.01. The zero-order chi connectivity index (χ0) is 19.2. The van der Waals surface area contributed by atoms with Crippen LogP contribution in [0.3, 0.4) is 0 Å². The van der Waals surface area contributed by atoms with Crippen LogP contribution in [0.25, 0.3) is 0 Å². The first-order valence-corrected chi connectivity index (χ1v) is 9.56. The molecule has 0 bridgehead atoms. The third-order valence-corrected chi connectivity index (χ3v) is 5.21. The van der Waals surface area contributed by atoms with E-state index in [0.717, 1.165) is 29.8 Å². The van der Waals surface area contributed by atoms with E-state index < -0.39 is 5.97 Å². The van der Waals surface area contributed by atoms with E-state index in [1.807, 2.05) is 23.1 Å². The van der Waals surface area contributed by atoms with Gasteiger partial charge in [-0.3, -0.25) is 14.4 Å². The lowest BCUT2D eigenvalue weighted by Gasteiger charge is -2.31. The molecule has 2 N–H and O–H groups in total. The van der Waals surface area contributed by atoms with E-state index in [1.165, 1.54) is 0 Å². The maximum absolute atomic E-state index is 12.3. The van der Waals surface area contributed by atoms with Crippen LogP contribution in [0.5, 0.6) is 5.75 Å². The Morgan fingerprint density at radius 2 is 2.00 bits per heavy atom. The van der Waals surface area contributed by atoms with Gasteiger partial charge in [0.15, 0.2) is 0 Å². The van der Waals surface area contributed by atoms with Crippen LogP contribution >= 0.6 is 0 Å². The minimum Gasteiger partial charge on any atom is -0.494 e. The van der Waals surface area contributed by atoms with Crippen molar-refractivity contribution in [3.63, 3.8) is 0 Å². The Bertz CT molecular complexity index is 710. The molecule has 27 heavy (non-hydrogen) atoms. The number of nitrogens with one attached hydrogen (secondary N) is 1. The van der Waals surface area contributed by atoms with E-state index >= 15 is 0 Å². The Hall–Kier alpha value is -2.57. The van der Waals surface area contributed by atoms with Crippen LogP contribution in [0.2, 0.25) is 0 Å². The van der Waals surface area contributed by atoms with Gasteiger partial charge in [0.1, 0.15) is 5.75 Å². The standard InChI is InChI=1S/C20H26N2O5/c23-18-6-3-15-13-16(4-5-17(15)21-18)27-11-1-2-19(24)22-9-7-14(8-10-22)12-20(25)26/h4-5,13-14H,1-3,6-12H2,(H,21,23)(H,25,26). The van der Waals surface area contributed by atoms with Crippen molar-refractivity contribution in [1.82, 2.24) is 4.90 Å². The van der Waals surface area contributed by atoms with Gasteiger partial charge in [-0.1, -0.05) is 0 Å². The summed E-state index contributed by atoms with van der Waals surface area (Å²) in [5, 5.41) is 11.7. The topological polar surface area (TPSA) is 95.9 Å². The van der Waals surface area contributed by atoms with Crippen LogP contribution in [0.4, 0.5) is 5.69 Å². The number of nitrogens with zero attached hydrogens (tertiary/aromatic N) is 1. The highest BCUT2D eigenvalue weighted by atomic mass is 16.5. The van der Waals surface area contributed by atoms with Crippen LogP contribution in [-0.2, 0) is 20.8 Å². The zero-order valence-electron chi connectivity index (χ0n) is 15.4. The molecule has 0 aromatic heterocycles. The molecule has 0 spiro atoms. The lowest BCUT2D eigenvalue weighted by molar-refractivity contribution is -0.138. The average molecular weight is 374 g/mol. The average Bonchev–Trinajstić information content (AvgIpc) is 2.65. The Labute approximate surface area is 158 Å². The number of benzene rings is 1. The summed E-state index contributed by atoms with van der Waals surface area (Å²) >= 11 is 0. The van der Waals surface area contributed by atoms with E-state index in [2.05, 4.69) is 5.32 Å². The molecule has 146 valence electrons. The molecule has 1 aromatic rings. The van der Waals surface area contributed by atoms with Crippen LogP contribution < -0.4 is 10.1 Å². The minimum absolute atomic E-state index is 0.0432. The molecule has 2 aliphatic rings. The molecule has 2 aliphatic heterocycles. The second kappa shape index (κ2) is 8.88. The number of piperidine rings is 1. The maximum Gasteiger partial charge on any atom is 0.303 e. The minimum atomic E-state index is -0.763. The van der Waals surface area contributed by atoms with Gasteiger partial charge in [-0.15, -0.1) is 0 Å². The number of anilines is 1. The number of ether oxygens (including phenoxy) is 1. The Balaban J connectivity index is 1.36. The normalized spacial score (nSPS) is 17.2. The first-order valence-electron chi connectivity index (χ1n) is 9.56. The molecule has 0 radical (unpaired) electrons. The summed E-state index contributed by atoms with van der Waals surface area (Å²) in [6, 6.07) is 5.64. The summed E-state index contributed by atoms with van der Waals surface area (Å²) in [7, 11) is 0. The summed E-state index contributed by atoms with van der Waals surface area (Å²) in [4.78, 5) is 36.2. The number of rotatable bonds is 7. The van der Waals surface area contributed by atoms with Crippen molar-refractivity contribution in [3.05, 3.63) is 23.8 Å². The predicted octanol–water partition coefficient (Wildman–Crippen LogP) is 2.44. The summed E-state index contributed by atoms with van der Waals surface area (Å²) in [5.41, 5.74) is 1.92. The number of hydrogen-bond donors (Lipinski definition) is 2. The van der Waals surface area contributed by atoms with Crippen molar-refractivity contribution in [2.45, 2.75) is 44.9 Å². The fourth-order valence-corrected chi connectivity index (χ4v) is 3.65. The van der Waals surface area contributed by atoms with Crippen LogP contribution in [0.15, 0.2) is 18.2 Å². The van der Waals surface area contributed by atoms with Gasteiger partial charge in [0.05, 0.1) is 6.61 Å². The van der Waals surface area contributed by atoms with Gasteiger partial charge in [-0.05, 0) is 55.4 Å². The monoisotopic (exact) mass is 374 g/mol. The Kier molecular flexibility index (Phi) is 6.32. The van der Waals surface area contributed by atoms with Crippen molar-refractivity contribution in [3.8, 4) is 5.75 Å². The highest BCUT2D eigenvalue weighted by molar-refractivity contribution is 5.94. The molecule has 1 fully saturated rings. The summed E-state index contributed by atoms with van der Waals surface area (Å²) in [6.45, 7) is 1.76. The van der Waals surface area contributed by atoms with Gasteiger partial charge in [-0.2, -0.15) is 0 Å². The molecule has 3 rings (SSSR count). The van der Waals surface area contributed by atoms with Crippen molar-refractivity contribution in [2.24, 2.45) is 5.92 Å². The molecule has 7 heteroatoms. The molecule has 1 saturated heterocycles. The quantitative estimate of drug-likeness (QED) is 0.715. The van der Waals surface area contributed by atoms with E-state index in [9.17, 15) is 14.4 Å². The van der Waals surface area contributed by atoms with Crippen LogP contribution in [0, 0.1) is 5.92 Å². The molecule has 2 heterocycles. The SMILES string of the molecule is O=C(O)CC1CCN(C(=O)CCCOc2ccc3c(c2)CCC(=O)N3)CC1. The number of hydrogen-bond acceptors (Lipinski definition) is 4. The molecule has 0 atom stereocenters. The number of aryl methyl sites for hydroxylation is 1. The van der Waals surface area contributed by atoms with E-state index in [4.69, 9.17) is 9.84 Å². The largest absolute Gasteiger partial charge is 0.494 e. The first-order chi connectivity index (χ1) is 13.0. The van der Waals surface area contributed by atoms with Gasteiger partial charge >= 0.3 is 5.97 Å². The van der Waals surface area contributed by atoms with Crippen LogP contribution in [-0.4, -0.2) is 47.5 Å². The Morgan fingerprint density at radius 3 is 2.74 bits per heavy atom. The van der Waals surface area contributed by atoms with Gasteiger partial charge in [-0.25, -0.2) is 0 Å². The summed E-state index contributed by atoms with van der Waals surface area (Å²) in [5.74, 6) is 0.333. The maximum atomic E-state index is 12.3. The van der Waals surface area contributed by atoms with E-state index in [-0.39, 0.29) is 24.2 Å². The number of fused-ring (bicyclic) bond motifs is 1. The summed E-state index contributed by atoms with van der Waals surface area (Å²) < 4.78 is 5.75. The molecular weight excluding hydrogens is 348 g/mol. The number of likely N-dealkylation sites (tertiary alicyclic amines) is 1. The number of carbonyl (C=O) groups excluding carboxylic acids is 2. The number of carboxylic acid groups (broad SMARTS) is 1. The highest BCUT2D eigenvalue weighted by Crippen LogP contribution is 2.27. The second-order valence-electron chi connectivity index (χ2n) is 7.24. The fraction of sp³-hybridized carbons (Fsp3) is 0.550. The van der Waals surface area contributed by atoms with Crippen LogP contribution in [0.1, 0.15) is 44.1 Å². The van der Waals surface area contributed by atoms with Gasteiger partial charge in [0, 0.05) is 38.0 Å². The van der Waals surface area contributed by atoms with E-state index in [0.29, 0.717) is 45.4 Å². The number of aliphatic carboxylic acids is 1. The molecule has 2 amide bonds. The molecule has 7 nitrogen and oxygen atoms in total. The van der Waals surface area contributed by atoms with Crippen molar-refractivity contribution in [2.75, 3.05) is 25.0 Å². The zero-order valence-corrected chi connectivity index (χ0v) is 15.4.